The van der Waals surface area contributed by atoms with Gasteiger partial charge in [-0.25, -0.2) is 13.6 Å². The number of nitro benzene ring substituents is 1. The molecule has 148 valence electrons. The number of nitrogens with one attached hydrogen (secondary N) is 2. The van der Waals surface area contributed by atoms with Crippen LogP contribution in [0, 0.1) is 10.1 Å². The smallest absolute Gasteiger partial charge is 0.293 e. The van der Waals surface area contributed by atoms with E-state index in [0.29, 0.717) is 11.3 Å². The summed E-state index contributed by atoms with van der Waals surface area (Å²) in [6.45, 7) is 1.72. The Bertz CT molecular complexity index is 1020. The highest BCUT2D eigenvalue weighted by Crippen LogP contribution is 2.31. The Balaban J connectivity index is 1.74. The fraction of sp³-hybridized carbons (Fsp3) is 0.278. The van der Waals surface area contributed by atoms with E-state index < -0.39 is 26.9 Å². The first kappa shape index (κ1) is 19.8. The van der Waals surface area contributed by atoms with Crippen LogP contribution >= 0.6 is 0 Å². The van der Waals surface area contributed by atoms with Crippen LogP contribution in [0.3, 0.4) is 0 Å². The third-order valence-corrected chi connectivity index (χ3v) is 5.38. The molecule has 0 aliphatic heterocycles. The van der Waals surface area contributed by atoms with Gasteiger partial charge in [0.1, 0.15) is 5.69 Å². The van der Waals surface area contributed by atoms with E-state index in [4.69, 9.17) is 5.14 Å². The van der Waals surface area contributed by atoms with Crippen molar-refractivity contribution < 1.29 is 18.1 Å². The van der Waals surface area contributed by atoms with Gasteiger partial charge in [0.15, 0.2) is 0 Å². The number of sulfonamides is 1. The largest absolute Gasteiger partial charge is 0.377 e. The number of anilines is 1. The molecule has 1 atom stereocenters. The first-order chi connectivity index (χ1) is 13.1. The summed E-state index contributed by atoms with van der Waals surface area (Å²) in [6.07, 6.45) is 1.95. The van der Waals surface area contributed by atoms with Crippen LogP contribution in [0.4, 0.5) is 11.4 Å². The fourth-order valence-electron chi connectivity index (χ4n) is 2.70. The molecule has 2 aromatic carbocycles. The molecule has 0 bridgehead atoms. The second-order valence-corrected chi connectivity index (χ2v) is 8.28. The van der Waals surface area contributed by atoms with Crippen molar-refractivity contribution in [3.63, 3.8) is 0 Å². The zero-order valence-electron chi connectivity index (χ0n) is 15.1. The number of nitro groups is 1. The molecule has 4 N–H and O–H groups in total. The normalized spacial score (nSPS) is 14.9. The Morgan fingerprint density at radius 2 is 1.86 bits per heavy atom. The summed E-state index contributed by atoms with van der Waals surface area (Å²) in [5, 5.41) is 22.2. The Hall–Kier alpha value is -2.98. The van der Waals surface area contributed by atoms with Crippen molar-refractivity contribution in [1.82, 2.24) is 5.32 Å². The summed E-state index contributed by atoms with van der Waals surface area (Å²) in [5.41, 5.74) is 1.09. The van der Waals surface area contributed by atoms with Crippen LogP contribution in [-0.4, -0.2) is 25.3 Å². The summed E-state index contributed by atoms with van der Waals surface area (Å²) in [5.74, 6) is -0.468. The molecule has 1 aliphatic carbocycles. The third kappa shape index (κ3) is 4.65. The van der Waals surface area contributed by atoms with Gasteiger partial charge in [0.05, 0.1) is 15.9 Å². The lowest BCUT2D eigenvalue weighted by Crippen LogP contribution is -2.26. The molecule has 0 spiro atoms. The minimum absolute atomic E-state index is 0.0239. The topological polar surface area (TPSA) is 144 Å². The van der Waals surface area contributed by atoms with Gasteiger partial charge in [-0.05, 0) is 49.6 Å². The summed E-state index contributed by atoms with van der Waals surface area (Å²) in [6, 6.07) is 9.94. The van der Waals surface area contributed by atoms with E-state index in [1.165, 1.54) is 30.3 Å². The number of nitrogens with zero attached hydrogens (tertiary/aromatic N) is 1. The quantitative estimate of drug-likeness (QED) is 0.477. The maximum absolute atomic E-state index is 12.5. The van der Waals surface area contributed by atoms with Crippen LogP contribution in [0.5, 0.6) is 0 Å². The van der Waals surface area contributed by atoms with Gasteiger partial charge in [-0.1, -0.05) is 12.1 Å². The van der Waals surface area contributed by atoms with Crippen LogP contribution in [0.15, 0.2) is 47.4 Å². The molecule has 3 rings (SSSR count). The highest BCUT2D eigenvalue weighted by atomic mass is 32.2. The van der Waals surface area contributed by atoms with Gasteiger partial charge in [0, 0.05) is 17.7 Å². The van der Waals surface area contributed by atoms with E-state index >= 15 is 0 Å². The average Bonchev–Trinajstić information content (AvgIpc) is 3.45. The number of carbonyl (C=O) groups is 1. The monoisotopic (exact) mass is 404 g/mol. The van der Waals surface area contributed by atoms with Crippen molar-refractivity contribution in [2.24, 2.45) is 5.14 Å². The zero-order valence-corrected chi connectivity index (χ0v) is 15.9. The Labute approximate surface area is 162 Å². The summed E-state index contributed by atoms with van der Waals surface area (Å²) < 4.78 is 22.6. The van der Waals surface area contributed by atoms with Crippen molar-refractivity contribution in [3.05, 3.63) is 63.7 Å². The first-order valence-electron chi connectivity index (χ1n) is 8.64. The van der Waals surface area contributed by atoms with Crippen molar-refractivity contribution in [1.29, 1.82) is 0 Å². The van der Waals surface area contributed by atoms with Crippen LogP contribution in [0.2, 0.25) is 0 Å². The summed E-state index contributed by atoms with van der Waals surface area (Å²) >= 11 is 0. The summed E-state index contributed by atoms with van der Waals surface area (Å²) in [4.78, 5) is 23.3. The van der Waals surface area contributed by atoms with Crippen LogP contribution in [0.1, 0.15) is 41.7 Å². The number of hydrogen-bond acceptors (Lipinski definition) is 6. The number of carbonyl (C=O) groups excluding carboxylic acids is 1. The molecule has 28 heavy (non-hydrogen) atoms. The molecular formula is C18H20N4O5S. The van der Waals surface area contributed by atoms with Crippen LogP contribution in [0.25, 0.3) is 0 Å². The van der Waals surface area contributed by atoms with Gasteiger partial charge in [-0.2, -0.15) is 0 Å². The van der Waals surface area contributed by atoms with E-state index in [2.05, 4.69) is 10.6 Å². The number of nitrogens with two attached hydrogens (primary N) is 1. The van der Waals surface area contributed by atoms with E-state index in [1.807, 2.05) is 0 Å². The number of hydrogen-bond donors (Lipinski definition) is 3. The standard InChI is InChI=1S/C18H20N4O5S/c1-11(12-2-7-15(8-3-12)28(19,26)27)20-18(23)13-4-9-16(21-14-5-6-14)17(10-13)22(24)25/h2-4,7-11,14,21H,5-6H2,1H3,(H,20,23)(H2,19,26,27). The molecule has 0 saturated heterocycles. The van der Waals surface area contributed by atoms with Crippen LogP contribution in [-0.2, 0) is 10.0 Å². The van der Waals surface area contributed by atoms with E-state index in [0.717, 1.165) is 12.8 Å². The highest BCUT2D eigenvalue weighted by molar-refractivity contribution is 7.89. The maximum Gasteiger partial charge on any atom is 0.293 e. The van der Waals surface area contributed by atoms with Crippen molar-refractivity contribution >= 4 is 27.3 Å². The van der Waals surface area contributed by atoms with Crippen LogP contribution < -0.4 is 15.8 Å². The molecule has 1 fully saturated rings. The molecule has 9 nitrogen and oxygen atoms in total. The van der Waals surface area contributed by atoms with E-state index in [9.17, 15) is 23.3 Å². The number of benzene rings is 2. The van der Waals surface area contributed by atoms with Gasteiger partial charge < -0.3 is 10.6 Å². The minimum atomic E-state index is -3.79. The van der Waals surface area contributed by atoms with E-state index in [-0.39, 0.29) is 22.2 Å². The average molecular weight is 404 g/mol. The fourth-order valence-corrected chi connectivity index (χ4v) is 3.22. The molecule has 1 aliphatic rings. The molecule has 2 aromatic rings. The van der Waals surface area contributed by atoms with Crippen molar-refractivity contribution in [2.45, 2.75) is 36.7 Å². The number of rotatable bonds is 7. The Kier molecular flexibility index (Phi) is 5.34. The second kappa shape index (κ2) is 7.56. The summed E-state index contributed by atoms with van der Waals surface area (Å²) in [7, 11) is -3.79. The highest BCUT2D eigenvalue weighted by Gasteiger charge is 2.25. The third-order valence-electron chi connectivity index (χ3n) is 4.45. The molecule has 0 radical (unpaired) electrons. The predicted octanol–water partition coefficient (Wildman–Crippen LogP) is 2.31. The molecule has 0 heterocycles. The van der Waals surface area contributed by atoms with Crippen molar-refractivity contribution in [3.8, 4) is 0 Å². The lowest BCUT2D eigenvalue weighted by molar-refractivity contribution is -0.384. The number of primary sulfonamides is 1. The lowest BCUT2D eigenvalue weighted by atomic mass is 10.1. The molecule has 1 unspecified atom stereocenters. The van der Waals surface area contributed by atoms with Gasteiger partial charge in [0.2, 0.25) is 10.0 Å². The Morgan fingerprint density at radius 1 is 1.21 bits per heavy atom. The van der Waals surface area contributed by atoms with Crippen molar-refractivity contribution in [2.75, 3.05) is 5.32 Å². The lowest BCUT2D eigenvalue weighted by Gasteiger charge is -2.15. The molecule has 10 heteroatoms. The maximum atomic E-state index is 12.5. The van der Waals surface area contributed by atoms with E-state index in [1.54, 1.807) is 19.1 Å². The first-order valence-corrected chi connectivity index (χ1v) is 10.2. The minimum Gasteiger partial charge on any atom is -0.377 e. The molecule has 0 aromatic heterocycles. The SMILES string of the molecule is CC(NC(=O)c1ccc(NC2CC2)c([N+](=O)[O-])c1)c1ccc(S(N)(=O)=O)cc1. The zero-order chi connectivity index (χ0) is 20.5. The predicted molar refractivity (Wildman–Crippen MR) is 103 cm³/mol. The van der Waals surface area contributed by atoms with Gasteiger partial charge in [0.25, 0.3) is 11.6 Å². The van der Waals surface area contributed by atoms with Gasteiger partial charge in [-0.3, -0.25) is 14.9 Å². The molecular weight excluding hydrogens is 384 g/mol. The molecule has 1 amide bonds. The van der Waals surface area contributed by atoms with Gasteiger partial charge >= 0.3 is 0 Å². The molecule has 1 saturated carbocycles. The second-order valence-electron chi connectivity index (χ2n) is 6.72. The van der Waals surface area contributed by atoms with Gasteiger partial charge in [-0.15, -0.1) is 0 Å². The number of amides is 1. The Morgan fingerprint density at radius 3 is 2.39 bits per heavy atom.